The van der Waals surface area contributed by atoms with Crippen molar-refractivity contribution in [2.24, 2.45) is 22.5 Å². The third-order valence-corrected chi connectivity index (χ3v) is 5.12. The molecule has 1 aliphatic carbocycles. The smallest absolute Gasteiger partial charge is 0.0136 e. The summed E-state index contributed by atoms with van der Waals surface area (Å²) in [5, 5.41) is 0. The molecule has 1 aliphatic rings. The van der Waals surface area contributed by atoms with Crippen LogP contribution in [0, 0.1) is 16.7 Å². The molecule has 0 bridgehead atoms. The molecule has 0 amide bonds. The van der Waals surface area contributed by atoms with Gasteiger partial charge in [0.25, 0.3) is 0 Å². The number of benzene rings is 1. The highest BCUT2D eigenvalue weighted by Crippen LogP contribution is 2.34. The summed E-state index contributed by atoms with van der Waals surface area (Å²) >= 11 is 0. The lowest BCUT2D eigenvalue weighted by molar-refractivity contribution is 0.284. The predicted molar refractivity (Wildman–Crippen MR) is 152 cm³/mol. The molecule has 1 aromatic carbocycles. The SMILES string of the molecule is C=C(CC(Cc1ccc(C2=CC=CCC2)cc1)CC(C)(C)C)CC(C)(C)C.C=CC.C=CN. The van der Waals surface area contributed by atoms with Crippen LogP contribution in [0.5, 0.6) is 0 Å². The highest BCUT2D eigenvalue weighted by Gasteiger charge is 2.22. The Hall–Kier alpha value is -2.28. The average molecular weight is 450 g/mol. The lowest BCUT2D eigenvalue weighted by Crippen LogP contribution is -2.17. The lowest BCUT2D eigenvalue weighted by Gasteiger charge is -2.28. The van der Waals surface area contributed by atoms with Gasteiger partial charge in [-0.15, -0.1) is 6.58 Å². The second kappa shape index (κ2) is 15.5. The van der Waals surface area contributed by atoms with Crippen molar-refractivity contribution in [3.8, 4) is 0 Å². The molecule has 0 spiro atoms. The molecule has 0 aliphatic heterocycles. The second-order valence-electron chi connectivity index (χ2n) is 11.5. The van der Waals surface area contributed by atoms with Gasteiger partial charge in [-0.25, -0.2) is 0 Å². The van der Waals surface area contributed by atoms with Crippen molar-refractivity contribution in [1.29, 1.82) is 0 Å². The van der Waals surface area contributed by atoms with Crippen LogP contribution >= 0.6 is 0 Å². The van der Waals surface area contributed by atoms with Crippen molar-refractivity contribution in [2.75, 3.05) is 0 Å². The van der Waals surface area contributed by atoms with E-state index in [2.05, 4.69) is 110 Å². The zero-order chi connectivity index (χ0) is 25.5. The lowest BCUT2D eigenvalue weighted by atomic mass is 9.77. The van der Waals surface area contributed by atoms with Crippen molar-refractivity contribution in [1.82, 2.24) is 0 Å². The molecular formula is C32H51N. The molecule has 0 heterocycles. The number of nitrogens with two attached hydrogens (primary N) is 1. The van der Waals surface area contributed by atoms with Crippen LogP contribution in [0.3, 0.4) is 0 Å². The van der Waals surface area contributed by atoms with E-state index in [4.69, 9.17) is 0 Å². The Morgan fingerprint density at radius 2 is 1.58 bits per heavy atom. The molecule has 33 heavy (non-hydrogen) atoms. The monoisotopic (exact) mass is 449 g/mol. The summed E-state index contributed by atoms with van der Waals surface area (Å²) in [4.78, 5) is 0. The zero-order valence-electron chi connectivity index (χ0n) is 22.7. The van der Waals surface area contributed by atoms with Crippen LogP contribution in [0.2, 0.25) is 0 Å². The summed E-state index contributed by atoms with van der Waals surface area (Å²) in [6.07, 6.45) is 16.7. The van der Waals surface area contributed by atoms with Crippen molar-refractivity contribution in [3.63, 3.8) is 0 Å². The summed E-state index contributed by atoms with van der Waals surface area (Å²) in [6.45, 7) is 26.8. The highest BCUT2D eigenvalue weighted by atomic mass is 14.5. The fourth-order valence-electron chi connectivity index (χ4n) is 4.34. The van der Waals surface area contributed by atoms with Gasteiger partial charge in [-0.05, 0) is 85.1 Å². The van der Waals surface area contributed by atoms with Gasteiger partial charge in [0.05, 0.1) is 0 Å². The van der Waals surface area contributed by atoms with Gasteiger partial charge in [0.15, 0.2) is 0 Å². The van der Waals surface area contributed by atoms with Gasteiger partial charge in [-0.1, -0.05) is 109 Å². The first kappa shape index (κ1) is 30.7. The Balaban J connectivity index is 0.00000154. The molecule has 0 saturated heterocycles. The average Bonchev–Trinajstić information content (AvgIpc) is 2.67. The molecule has 1 atom stereocenters. The number of hydrogen-bond donors (Lipinski definition) is 1. The summed E-state index contributed by atoms with van der Waals surface area (Å²) in [7, 11) is 0. The molecule has 2 rings (SSSR count). The van der Waals surface area contributed by atoms with Crippen LogP contribution in [0.25, 0.3) is 5.57 Å². The first-order chi connectivity index (χ1) is 15.3. The fraction of sp³-hybridized carbons (Fsp3) is 0.500. The van der Waals surface area contributed by atoms with Crippen LogP contribution in [-0.2, 0) is 6.42 Å². The Labute approximate surface area is 206 Å². The molecule has 184 valence electrons. The van der Waals surface area contributed by atoms with E-state index in [-0.39, 0.29) is 0 Å². The number of rotatable bonds is 7. The molecule has 0 aromatic heterocycles. The van der Waals surface area contributed by atoms with Gasteiger partial charge in [0.2, 0.25) is 0 Å². The molecule has 1 aromatic rings. The van der Waals surface area contributed by atoms with E-state index in [9.17, 15) is 0 Å². The number of hydrogen-bond acceptors (Lipinski definition) is 1. The molecule has 0 radical (unpaired) electrons. The standard InChI is InChI=1S/C27H40.C3H6.C2H5N/c1-21(19-26(2,3)4)17-23(20-27(5,6)7)18-22-13-15-25(16-14-22)24-11-9-8-10-12-24;1-3-2;1-2-3/h8-9,11,13-16,23H,1,10,12,17-20H2,2-7H3;3H,1H2,2H3;2H,1,3H2. The van der Waals surface area contributed by atoms with Gasteiger partial charge >= 0.3 is 0 Å². The van der Waals surface area contributed by atoms with Crippen LogP contribution in [-0.4, -0.2) is 0 Å². The molecule has 0 saturated carbocycles. The van der Waals surface area contributed by atoms with E-state index in [1.54, 1.807) is 6.08 Å². The van der Waals surface area contributed by atoms with E-state index in [0.29, 0.717) is 16.7 Å². The van der Waals surface area contributed by atoms with Gasteiger partial charge in [-0.3, -0.25) is 0 Å². The van der Waals surface area contributed by atoms with E-state index < -0.39 is 0 Å². The molecule has 1 nitrogen and oxygen atoms in total. The van der Waals surface area contributed by atoms with E-state index in [1.807, 2.05) is 6.92 Å². The fourth-order valence-corrected chi connectivity index (χ4v) is 4.34. The minimum Gasteiger partial charge on any atom is -0.405 e. The normalized spacial score (nSPS) is 14.0. The van der Waals surface area contributed by atoms with Gasteiger partial charge in [0.1, 0.15) is 0 Å². The van der Waals surface area contributed by atoms with Gasteiger partial charge in [-0.2, -0.15) is 0 Å². The van der Waals surface area contributed by atoms with Crippen molar-refractivity contribution >= 4 is 5.57 Å². The number of allylic oxidation sites excluding steroid dienone is 6. The Morgan fingerprint density at radius 1 is 1.03 bits per heavy atom. The van der Waals surface area contributed by atoms with Gasteiger partial charge in [0, 0.05) is 0 Å². The van der Waals surface area contributed by atoms with Crippen LogP contribution in [0.1, 0.15) is 91.7 Å². The first-order valence-electron chi connectivity index (χ1n) is 12.4. The Morgan fingerprint density at radius 3 is 2.00 bits per heavy atom. The Kier molecular flexibility index (Phi) is 14.5. The summed E-state index contributed by atoms with van der Waals surface area (Å²) in [5.74, 6) is 0.669. The maximum absolute atomic E-state index is 4.61. The highest BCUT2D eigenvalue weighted by molar-refractivity contribution is 5.68. The molecule has 0 fully saturated rings. The molecular weight excluding hydrogens is 398 g/mol. The minimum atomic E-state index is 0.327. The topological polar surface area (TPSA) is 26.0 Å². The van der Waals surface area contributed by atoms with E-state index >= 15 is 0 Å². The van der Waals surface area contributed by atoms with Crippen molar-refractivity contribution < 1.29 is 0 Å². The third-order valence-electron chi connectivity index (χ3n) is 5.12. The first-order valence-corrected chi connectivity index (χ1v) is 12.4. The quantitative estimate of drug-likeness (QED) is 0.412. The third kappa shape index (κ3) is 16.1. The zero-order valence-corrected chi connectivity index (χ0v) is 22.7. The minimum absolute atomic E-state index is 0.327. The maximum Gasteiger partial charge on any atom is -0.0136 e. The van der Waals surface area contributed by atoms with E-state index in [1.165, 1.54) is 34.9 Å². The summed E-state index contributed by atoms with van der Waals surface area (Å²) < 4.78 is 0. The molecule has 2 N–H and O–H groups in total. The largest absolute Gasteiger partial charge is 0.405 e. The van der Waals surface area contributed by atoms with Crippen molar-refractivity contribution in [3.05, 3.63) is 91.2 Å². The van der Waals surface area contributed by atoms with Crippen molar-refractivity contribution in [2.45, 2.75) is 87.0 Å². The summed E-state index contributed by atoms with van der Waals surface area (Å²) in [5.41, 5.74) is 11.0. The Bertz CT molecular complexity index is 754. The molecule has 1 unspecified atom stereocenters. The molecule has 1 heteroatoms. The second-order valence-corrected chi connectivity index (χ2v) is 11.5. The van der Waals surface area contributed by atoms with E-state index in [0.717, 1.165) is 32.1 Å². The van der Waals surface area contributed by atoms with Crippen LogP contribution in [0.15, 0.2) is 80.1 Å². The van der Waals surface area contributed by atoms with Gasteiger partial charge < -0.3 is 5.73 Å². The van der Waals surface area contributed by atoms with Crippen LogP contribution in [0.4, 0.5) is 0 Å². The predicted octanol–water partition coefficient (Wildman–Crippen LogP) is 9.68. The summed E-state index contributed by atoms with van der Waals surface area (Å²) in [6, 6.07) is 9.32. The van der Waals surface area contributed by atoms with Crippen LogP contribution < -0.4 is 5.73 Å². The maximum atomic E-state index is 4.61.